The first-order valence-corrected chi connectivity index (χ1v) is 12.2. The second-order valence-electron chi connectivity index (χ2n) is 7.73. The average molecular weight is 434 g/mol. The maximum atomic E-state index is 13.7. The van der Waals surface area contributed by atoms with Gasteiger partial charge in [-0.05, 0) is 74.1 Å². The monoisotopic (exact) mass is 433 g/mol. The van der Waals surface area contributed by atoms with Crippen molar-refractivity contribution in [3.63, 3.8) is 0 Å². The normalized spacial score (nSPS) is 12.1. The Morgan fingerprint density at radius 2 is 1.70 bits per heavy atom. The number of halogens is 1. The van der Waals surface area contributed by atoms with Crippen LogP contribution in [0.25, 0.3) is 0 Å². The van der Waals surface area contributed by atoms with Crippen LogP contribution in [0.4, 0.5) is 4.39 Å². The van der Waals surface area contributed by atoms with Gasteiger partial charge in [-0.1, -0.05) is 23.8 Å². The summed E-state index contributed by atoms with van der Waals surface area (Å²) in [4.78, 5) is 4.54. The van der Waals surface area contributed by atoms with Gasteiger partial charge >= 0.3 is 0 Å². The van der Waals surface area contributed by atoms with Crippen LogP contribution in [-0.2, 0) is 28.6 Å². The van der Waals surface area contributed by atoms with Gasteiger partial charge in [0.1, 0.15) is 5.82 Å². The number of hydrogen-bond donors (Lipinski definition) is 2. The first-order chi connectivity index (χ1) is 14.1. The summed E-state index contributed by atoms with van der Waals surface area (Å²) >= 11 is 0. The molecule has 0 unspecified atom stereocenters. The molecule has 0 aliphatic carbocycles. The van der Waals surface area contributed by atoms with Crippen molar-refractivity contribution in [1.29, 1.82) is 0 Å². The fourth-order valence-corrected chi connectivity index (χ4v) is 4.43. The van der Waals surface area contributed by atoms with Gasteiger partial charge in [-0.2, -0.15) is 0 Å². The molecule has 0 amide bonds. The van der Waals surface area contributed by atoms with Crippen molar-refractivity contribution in [3.05, 3.63) is 69.5 Å². The van der Waals surface area contributed by atoms with E-state index in [0.29, 0.717) is 30.2 Å². The zero-order valence-electron chi connectivity index (χ0n) is 18.5. The molecular weight excluding hydrogens is 401 g/mol. The molecule has 0 aromatic heterocycles. The SMILES string of the molecule is CCNC(=NCc1cc(F)ccc1CS(C)(=O)=O)NCCc1c(C)cc(C)cc1C. The Labute approximate surface area is 179 Å². The molecular formula is C23H32FN3O2S. The van der Waals surface area contributed by atoms with Gasteiger partial charge in [-0.15, -0.1) is 0 Å². The number of benzene rings is 2. The highest BCUT2D eigenvalue weighted by atomic mass is 32.2. The van der Waals surface area contributed by atoms with Gasteiger partial charge in [0.2, 0.25) is 0 Å². The minimum Gasteiger partial charge on any atom is -0.357 e. The molecule has 5 nitrogen and oxygen atoms in total. The quantitative estimate of drug-likeness (QED) is 0.493. The topological polar surface area (TPSA) is 70.6 Å². The van der Waals surface area contributed by atoms with Crippen molar-refractivity contribution in [2.75, 3.05) is 19.3 Å². The molecule has 0 saturated heterocycles. The summed E-state index contributed by atoms with van der Waals surface area (Å²) in [7, 11) is -3.22. The van der Waals surface area contributed by atoms with Gasteiger partial charge in [-0.25, -0.2) is 17.8 Å². The van der Waals surface area contributed by atoms with E-state index in [1.165, 1.54) is 46.7 Å². The molecule has 2 aromatic rings. The molecule has 0 atom stereocenters. The molecule has 2 rings (SSSR count). The van der Waals surface area contributed by atoms with E-state index in [2.05, 4.69) is 48.5 Å². The molecule has 0 aliphatic rings. The van der Waals surface area contributed by atoms with Crippen molar-refractivity contribution in [1.82, 2.24) is 10.6 Å². The summed E-state index contributed by atoms with van der Waals surface area (Å²) in [6, 6.07) is 8.53. The first kappa shape index (κ1) is 23.9. The Hall–Kier alpha value is -2.41. The largest absolute Gasteiger partial charge is 0.357 e. The summed E-state index contributed by atoms with van der Waals surface area (Å²) in [5.41, 5.74) is 6.29. The second-order valence-corrected chi connectivity index (χ2v) is 9.87. The van der Waals surface area contributed by atoms with Crippen LogP contribution in [0, 0.1) is 26.6 Å². The summed E-state index contributed by atoms with van der Waals surface area (Å²) in [5.74, 6) is 0.0869. The van der Waals surface area contributed by atoms with Crippen LogP contribution in [-0.4, -0.2) is 33.7 Å². The molecule has 0 bridgehead atoms. The molecule has 2 aromatic carbocycles. The van der Waals surface area contributed by atoms with E-state index in [1.807, 2.05) is 6.92 Å². The third-order valence-electron chi connectivity index (χ3n) is 4.85. The maximum absolute atomic E-state index is 13.7. The summed E-state index contributed by atoms with van der Waals surface area (Å²) in [6.07, 6.45) is 2.03. The predicted octanol–water partition coefficient (Wildman–Crippen LogP) is 3.59. The number of rotatable bonds is 8. The van der Waals surface area contributed by atoms with E-state index in [9.17, 15) is 12.8 Å². The lowest BCUT2D eigenvalue weighted by Gasteiger charge is -2.15. The standard InChI is InChI=1S/C23H32FN3O2S/c1-6-25-23(26-10-9-22-17(3)11-16(2)12-18(22)4)27-14-20-13-21(24)8-7-19(20)15-30(5,28)29/h7-8,11-13H,6,9-10,14-15H2,1-5H3,(H2,25,26,27). The minimum atomic E-state index is -3.22. The summed E-state index contributed by atoms with van der Waals surface area (Å²) in [6.45, 7) is 9.92. The van der Waals surface area contributed by atoms with E-state index in [-0.39, 0.29) is 12.3 Å². The molecule has 164 valence electrons. The Morgan fingerprint density at radius 3 is 2.30 bits per heavy atom. The third-order valence-corrected chi connectivity index (χ3v) is 5.68. The van der Waals surface area contributed by atoms with Crippen molar-refractivity contribution in [2.24, 2.45) is 4.99 Å². The molecule has 0 saturated carbocycles. The van der Waals surface area contributed by atoms with Gasteiger partial charge in [0.15, 0.2) is 15.8 Å². The average Bonchev–Trinajstić information content (AvgIpc) is 2.62. The second kappa shape index (κ2) is 10.6. The van der Waals surface area contributed by atoms with Gasteiger partial charge < -0.3 is 10.6 Å². The first-order valence-electron chi connectivity index (χ1n) is 10.1. The minimum absolute atomic E-state index is 0.131. The molecule has 30 heavy (non-hydrogen) atoms. The number of nitrogens with zero attached hydrogens (tertiary/aromatic N) is 1. The van der Waals surface area contributed by atoms with Crippen LogP contribution in [0.2, 0.25) is 0 Å². The van der Waals surface area contributed by atoms with Crippen LogP contribution >= 0.6 is 0 Å². The van der Waals surface area contributed by atoms with Gasteiger partial charge in [0.25, 0.3) is 0 Å². The maximum Gasteiger partial charge on any atom is 0.191 e. The number of guanidine groups is 1. The molecule has 0 radical (unpaired) electrons. The fraction of sp³-hybridized carbons (Fsp3) is 0.435. The van der Waals surface area contributed by atoms with Gasteiger partial charge in [0, 0.05) is 19.3 Å². The van der Waals surface area contributed by atoms with Crippen molar-refractivity contribution in [3.8, 4) is 0 Å². The Morgan fingerprint density at radius 1 is 1.03 bits per heavy atom. The summed E-state index contributed by atoms with van der Waals surface area (Å²) in [5, 5.41) is 6.50. The molecule has 2 N–H and O–H groups in total. The molecule has 0 heterocycles. The molecule has 0 spiro atoms. The summed E-state index contributed by atoms with van der Waals surface area (Å²) < 4.78 is 37.1. The highest BCUT2D eigenvalue weighted by Crippen LogP contribution is 2.17. The number of nitrogens with one attached hydrogen (secondary N) is 2. The molecule has 0 aliphatic heterocycles. The highest BCUT2D eigenvalue weighted by Gasteiger charge is 2.11. The zero-order valence-corrected chi connectivity index (χ0v) is 19.3. The van der Waals surface area contributed by atoms with Crippen LogP contribution in [0.3, 0.4) is 0 Å². The molecule has 0 fully saturated rings. The Kier molecular flexibility index (Phi) is 8.41. The molecule has 7 heteroatoms. The third kappa shape index (κ3) is 7.44. The lowest BCUT2D eigenvalue weighted by Crippen LogP contribution is -2.38. The van der Waals surface area contributed by atoms with Crippen LogP contribution in [0.1, 0.15) is 40.3 Å². The van der Waals surface area contributed by atoms with Crippen molar-refractivity contribution < 1.29 is 12.8 Å². The Balaban J connectivity index is 2.11. The fourth-order valence-electron chi connectivity index (χ4n) is 3.58. The smallest absolute Gasteiger partial charge is 0.191 e. The lowest BCUT2D eigenvalue weighted by atomic mass is 9.97. The number of aryl methyl sites for hydroxylation is 3. The zero-order chi connectivity index (χ0) is 22.3. The number of sulfone groups is 1. The lowest BCUT2D eigenvalue weighted by molar-refractivity contribution is 0.600. The van der Waals surface area contributed by atoms with Crippen molar-refractivity contribution >= 4 is 15.8 Å². The van der Waals surface area contributed by atoms with E-state index < -0.39 is 15.7 Å². The predicted molar refractivity (Wildman–Crippen MR) is 122 cm³/mol. The highest BCUT2D eigenvalue weighted by molar-refractivity contribution is 7.89. The number of hydrogen-bond acceptors (Lipinski definition) is 3. The van der Waals surface area contributed by atoms with Crippen LogP contribution < -0.4 is 10.6 Å². The van der Waals surface area contributed by atoms with E-state index in [0.717, 1.165) is 6.42 Å². The van der Waals surface area contributed by atoms with Crippen LogP contribution in [0.15, 0.2) is 35.3 Å². The van der Waals surface area contributed by atoms with E-state index >= 15 is 0 Å². The van der Waals surface area contributed by atoms with E-state index in [1.54, 1.807) is 0 Å². The van der Waals surface area contributed by atoms with Gasteiger partial charge in [0.05, 0.1) is 12.3 Å². The van der Waals surface area contributed by atoms with Crippen molar-refractivity contribution in [2.45, 2.75) is 46.4 Å². The van der Waals surface area contributed by atoms with Crippen LogP contribution in [0.5, 0.6) is 0 Å². The van der Waals surface area contributed by atoms with E-state index in [4.69, 9.17) is 0 Å². The number of aliphatic imine (C=N–C) groups is 1. The van der Waals surface area contributed by atoms with Gasteiger partial charge in [-0.3, -0.25) is 0 Å². The Bertz CT molecular complexity index is 994.